The highest BCUT2D eigenvalue weighted by atomic mass is 15.2. The van der Waals surface area contributed by atoms with Gasteiger partial charge >= 0.3 is 0 Å². The van der Waals surface area contributed by atoms with Gasteiger partial charge in [0.2, 0.25) is 0 Å². The molecule has 0 amide bonds. The summed E-state index contributed by atoms with van der Waals surface area (Å²) < 4.78 is 0. The number of piperidine rings is 1. The SMILES string of the molecule is Cc1cc(C)cc(N2CC3(CCCNC3)C2)c1. The molecule has 2 aliphatic rings. The van der Waals surface area contributed by atoms with Crippen LogP contribution in [0.2, 0.25) is 0 Å². The molecule has 0 bridgehead atoms. The van der Waals surface area contributed by atoms with E-state index in [2.05, 4.69) is 42.3 Å². The van der Waals surface area contributed by atoms with Crippen LogP contribution in [0, 0.1) is 19.3 Å². The highest BCUT2D eigenvalue weighted by Gasteiger charge is 2.43. The van der Waals surface area contributed by atoms with E-state index in [0.717, 1.165) is 0 Å². The Hall–Kier alpha value is -1.02. The molecule has 0 atom stereocenters. The van der Waals surface area contributed by atoms with Gasteiger partial charge in [0.1, 0.15) is 0 Å². The Labute approximate surface area is 104 Å². The van der Waals surface area contributed by atoms with Crippen LogP contribution in [0.15, 0.2) is 18.2 Å². The quantitative estimate of drug-likeness (QED) is 0.797. The molecule has 0 unspecified atom stereocenters. The van der Waals surface area contributed by atoms with Crippen molar-refractivity contribution in [3.63, 3.8) is 0 Å². The van der Waals surface area contributed by atoms with Crippen LogP contribution in [-0.2, 0) is 0 Å². The van der Waals surface area contributed by atoms with Gasteiger partial charge in [-0.15, -0.1) is 0 Å². The normalized spacial score (nSPS) is 22.6. The van der Waals surface area contributed by atoms with Gasteiger partial charge < -0.3 is 10.2 Å². The predicted octanol–water partition coefficient (Wildman–Crippen LogP) is 2.49. The van der Waals surface area contributed by atoms with Crippen LogP contribution in [0.1, 0.15) is 24.0 Å². The van der Waals surface area contributed by atoms with Crippen molar-refractivity contribution in [2.75, 3.05) is 31.1 Å². The Morgan fingerprint density at radius 2 is 1.82 bits per heavy atom. The molecule has 92 valence electrons. The maximum Gasteiger partial charge on any atom is 0.0371 e. The molecule has 3 rings (SSSR count). The van der Waals surface area contributed by atoms with Gasteiger partial charge in [0.15, 0.2) is 0 Å². The smallest absolute Gasteiger partial charge is 0.0371 e. The number of aryl methyl sites for hydroxylation is 2. The second kappa shape index (κ2) is 4.02. The van der Waals surface area contributed by atoms with E-state index in [9.17, 15) is 0 Å². The maximum absolute atomic E-state index is 3.55. The molecular weight excluding hydrogens is 208 g/mol. The van der Waals surface area contributed by atoms with Gasteiger partial charge in [-0.3, -0.25) is 0 Å². The molecule has 2 aliphatic heterocycles. The Kier molecular flexibility index (Phi) is 2.62. The molecule has 2 saturated heterocycles. The van der Waals surface area contributed by atoms with E-state index in [1.165, 1.54) is 55.8 Å². The zero-order valence-electron chi connectivity index (χ0n) is 10.9. The molecular formula is C15H22N2. The third-order valence-electron chi connectivity index (χ3n) is 4.18. The first-order valence-corrected chi connectivity index (χ1v) is 6.71. The lowest BCUT2D eigenvalue weighted by Gasteiger charge is -2.53. The summed E-state index contributed by atoms with van der Waals surface area (Å²) in [5, 5.41) is 3.55. The van der Waals surface area contributed by atoms with Crippen LogP contribution in [-0.4, -0.2) is 26.2 Å². The lowest BCUT2D eigenvalue weighted by Crippen LogP contribution is -2.62. The third-order valence-corrected chi connectivity index (χ3v) is 4.18. The topological polar surface area (TPSA) is 15.3 Å². The summed E-state index contributed by atoms with van der Waals surface area (Å²) in [5.41, 5.74) is 4.75. The highest BCUT2D eigenvalue weighted by Crippen LogP contribution is 2.39. The largest absolute Gasteiger partial charge is 0.370 e. The van der Waals surface area contributed by atoms with Gasteiger partial charge in [-0.05, 0) is 56.5 Å². The molecule has 2 fully saturated rings. The average Bonchev–Trinajstić information content (AvgIpc) is 2.25. The molecule has 0 aliphatic carbocycles. The predicted molar refractivity (Wildman–Crippen MR) is 72.7 cm³/mol. The van der Waals surface area contributed by atoms with Gasteiger partial charge in [0, 0.05) is 30.7 Å². The molecule has 1 N–H and O–H groups in total. The highest BCUT2D eigenvalue weighted by molar-refractivity contribution is 5.53. The summed E-state index contributed by atoms with van der Waals surface area (Å²) in [6, 6.07) is 6.88. The van der Waals surface area contributed by atoms with Crippen molar-refractivity contribution in [1.29, 1.82) is 0 Å². The monoisotopic (exact) mass is 230 g/mol. The van der Waals surface area contributed by atoms with Crippen molar-refractivity contribution in [1.82, 2.24) is 5.32 Å². The minimum Gasteiger partial charge on any atom is -0.370 e. The van der Waals surface area contributed by atoms with Crippen molar-refractivity contribution in [3.8, 4) is 0 Å². The van der Waals surface area contributed by atoms with Crippen molar-refractivity contribution in [2.45, 2.75) is 26.7 Å². The molecule has 1 spiro atoms. The number of nitrogens with one attached hydrogen (secondary N) is 1. The first kappa shape index (κ1) is 11.1. The molecule has 1 aromatic rings. The van der Waals surface area contributed by atoms with E-state index < -0.39 is 0 Å². The second-order valence-corrected chi connectivity index (χ2v) is 5.98. The summed E-state index contributed by atoms with van der Waals surface area (Å²) in [6.07, 6.45) is 2.75. The summed E-state index contributed by atoms with van der Waals surface area (Å²) in [6.45, 7) is 9.29. The van der Waals surface area contributed by atoms with Crippen LogP contribution in [0.5, 0.6) is 0 Å². The Morgan fingerprint density at radius 3 is 2.41 bits per heavy atom. The number of hydrogen-bond acceptors (Lipinski definition) is 2. The number of nitrogens with zero attached hydrogens (tertiary/aromatic N) is 1. The fourth-order valence-electron chi connectivity index (χ4n) is 3.38. The second-order valence-electron chi connectivity index (χ2n) is 5.98. The van der Waals surface area contributed by atoms with Crippen LogP contribution in [0.3, 0.4) is 0 Å². The number of benzene rings is 1. The first-order chi connectivity index (χ1) is 8.17. The molecule has 2 nitrogen and oxygen atoms in total. The minimum atomic E-state index is 0.579. The Balaban J connectivity index is 1.71. The summed E-state index contributed by atoms with van der Waals surface area (Å²) in [7, 11) is 0. The number of anilines is 1. The van der Waals surface area contributed by atoms with Crippen molar-refractivity contribution in [3.05, 3.63) is 29.3 Å². The molecule has 1 aromatic carbocycles. The fourth-order valence-corrected chi connectivity index (χ4v) is 3.38. The van der Waals surface area contributed by atoms with Crippen LogP contribution >= 0.6 is 0 Å². The van der Waals surface area contributed by atoms with Crippen molar-refractivity contribution >= 4 is 5.69 Å². The van der Waals surface area contributed by atoms with Crippen molar-refractivity contribution in [2.24, 2.45) is 5.41 Å². The summed E-state index contributed by atoms with van der Waals surface area (Å²) in [4.78, 5) is 2.53. The average molecular weight is 230 g/mol. The minimum absolute atomic E-state index is 0.579. The molecule has 2 heterocycles. The zero-order chi connectivity index (χ0) is 11.9. The fraction of sp³-hybridized carbons (Fsp3) is 0.600. The van der Waals surface area contributed by atoms with Gasteiger partial charge in [-0.1, -0.05) is 6.07 Å². The lowest BCUT2D eigenvalue weighted by atomic mass is 9.73. The number of hydrogen-bond donors (Lipinski definition) is 1. The molecule has 0 aromatic heterocycles. The van der Waals surface area contributed by atoms with Gasteiger partial charge in [-0.2, -0.15) is 0 Å². The third kappa shape index (κ3) is 2.06. The van der Waals surface area contributed by atoms with E-state index in [1.54, 1.807) is 0 Å². The van der Waals surface area contributed by atoms with Gasteiger partial charge in [-0.25, -0.2) is 0 Å². The molecule has 0 radical (unpaired) electrons. The van der Waals surface area contributed by atoms with Gasteiger partial charge in [0.25, 0.3) is 0 Å². The summed E-state index contributed by atoms with van der Waals surface area (Å²) in [5.74, 6) is 0. The van der Waals surface area contributed by atoms with E-state index in [-0.39, 0.29) is 0 Å². The molecule has 2 heteroatoms. The van der Waals surface area contributed by atoms with Crippen molar-refractivity contribution < 1.29 is 0 Å². The summed E-state index contributed by atoms with van der Waals surface area (Å²) >= 11 is 0. The standard InChI is InChI=1S/C15H22N2/c1-12-6-13(2)8-14(7-12)17-10-15(11-17)4-3-5-16-9-15/h6-8,16H,3-5,9-11H2,1-2H3. The Morgan fingerprint density at radius 1 is 1.12 bits per heavy atom. The van der Waals surface area contributed by atoms with E-state index >= 15 is 0 Å². The zero-order valence-corrected chi connectivity index (χ0v) is 10.9. The van der Waals surface area contributed by atoms with Crippen LogP contribution < -0.4 is 10.2 Å². The van der Waals surface area contributed by atoms with Gasteiger partial charge in [0.05, 0.1) is 0 Å². The molecule has 0 saturated carbocycles. The maximum atomic E-state index is 3.55. The molecule has 17 heavy (non-hydrogen) atoms. The number of rotatable bonds is 1. The van der Waals surface area contributed by atoms with Crippen LogP contribution in [0.4, 0.5) is 5.69 Å². The lowest BCUT2D eigenvalue weighted by molar-refractivity contribution is 0.157. The van der Waals surface area contributed by atoms with Crippen LogP contribution in [0.25, 0.3) is 0 Å². The van der Waals surface area contributed by atoms with E-state index in [1.807, 2.05) is 0 Å². The van der Waals surface area contributed by atoms with E-state index in [4.69, 9.17) is 0 Å². The Bertz CT molecular complexity index is 391. The first-order valence-electron chi connectivity index (χ1n) is 6.71. The van der Waals surface area contributed by atoms with E-state index in [0.29, 0.717) is 5.41 Å².